The van der Waals surface area contributed by atoms with Crippen molar-refractivity contribution < 1.29 is 9.59 Å². The SMILES string of the molecule is O=C(Nc1nnc(C2CC(=O)N(c3ccc(Cl)cc3)C2)s1)C(Sc1ccccc1)c1ccccc1. The molecule has 2 heterocycles. The molecule has 0 bridgehead atoms. The molecule has 2 atom stereocenters. The number of benzene rings is 3. The van der Waals surface area contributed by atoms with Crippen LogP contribution in [0.1, 0.15) is 28.2 Å². The van der Waals surface area contributed by atoms with Gasteiger partial charge in [-0.3, -0.25) is 14.9 Å². The number of hydrogen-bond donors (Lipinski definition) is 1. The molecule has 0 spiro atoms. The summed E-state index contributed by atoms with van der Waals surface area (Å²) in [5, 5.41) is 12.8. The molecule has 3 aromatic carbocycles. The van der Waals surface area contributed by atoms with E-state index in [-0.39, 0.29) is 17.7 Å². The smallest absolute Gasteiger partial charge is 0.244 e. The number of nitrogens with one attached hydrogen (secondary N) is 1. The predicted molar refractivity (Wildman–Crippen MR) is 141 cm³/mol. The Morgan fingerprint density at radius 3 is 2.40 bits per heavy atom. The van der Waals surface area contributed by atoms with Crippen molar-refractivity contribution in [2.45, 2.75) is 22.5 Å². The molecule has 1 fully saturated rings. The molecule has 5 rings (SSSR count). The average molecular weight is 521 g/mol. The molecule has 1 aromatic heterocycles. The van der Waals surface area contributed by atoms with Gasteiger partial charge in [0.1, 0.15) is 10.3 Å². The molecule has 2 unspecified atom stereocenters. The Kier molecular flexibility index (Phi) is 7.13. The average Bonchev–Trinajstić information content (AvgIpc) is 3.50. The number of carbonyl (C=O) groups is 2. The molecule has 2 amide bonds. The third-order valence-corrected chi connectivity index (χ3v) is 8.14. The van der Waals surface area contributed by atoms with E-state index in [2.05, 4.69) is 15.5 Å². The van der Waals surface area contributed by atoms with Gasteiger partial charge in [-0.2, -0.15) is 0 Å². The number of halogens is 1. The van der Waals surface area contributed by atoms with Crippen molar-refractivity contribution in [1.82, 2.24) is 10.2 Å². The van der Waals surface area contributed by atoms with Gasteiger partial charge >= 0.3 is 0 Å². The van der Waals surface area contributed by atoms with Gasteiger partial charge in [0.05, 0.1) is 0 Å². The Balaban J connectivity index is 1.29. The summed E-state index contributed by atoms with van der Waals surface area (Å²) in [4.78, 5) is 28.7. The van der Waals surface area contributed by atoms with Crippen LogP contribution in [-0.4, -0.2) is 28.6 Å². The van der Waals surface area contributed by atoms with E-state index in [1.165, 1.54) is 23.1 Å². The predicted octanol–water partition coefficient (Wildman–Crippen LogP) is 6.18. The summed E-state index contributed by atoms with van der Waals surface area (Å²) in [5.41, 5.74) is 1.71. The van der Waals surface area contributed by atoms with Crippen LogP contribution in [0.4, 0.5) is 10.8 Å². The molecule has 176 valence electrons. The lowest BCUT2D eigenvalue weighted by Gasteiger charge is -2.16. The first-order chi connectivity index (χ1) is 17.1. The molecule has 35 heavy (non-hydrogen) atoms. The first-order valence-corrected chi connectivity index (χ1v) is 13.1. The fourth-order valence-electron chi connectivity index (χ4n) is 3.90. The highest BCUT2D eigenvalue weighted by molar-refractivity contribution is 8.00. The topological polar surface area (TPSA) is 75.2 Å². The van der Waals surface area contributed by atoms with Crippen LogP contribution >= 0.6 is 34.7 Å². The molecular weight excluding hydrogens is 500 g/mol. The minimum atomic E-state index is -0.445. The summed E-state index contributed by atoms with van der Waals surface area (Å²) >= 11 is 8.77. The van der Waals surface area contributed by atoms with E-state index in [0.717, 1.165) is 21.2 Å². The second-order valence-electron chi connectivity index (χ2n) is 8.04. The number of nitrogens with zero attached hydrogens (tertiary/aromatic N) is 3. The Bertz CT molecular complexity index is 1320. The van der Waals surface area contributed by atoms with Crippen molar-refractivity contribution in [1.29, 1.82) is 0 Å². The monoisotopic (exact) mass is 520 g/mol. The molecule has 1 aliphatic heterocycles. The maximum absolute atomic E-state index is 13.3. The highest BCUT2D eigenvalue weighted by Crippen LogP contribution is 2.38. The van der Waals surface area contributed by atoms with Gasteiger partial charge in [0.15, 0.2) is 0 Å². The second kappa shape index (κ2) is 10.6. The zero-order valence-corrected chi connectivity index (χ0v) is 20.9. The Labute approximate surface area is 216 Å². The van der Waals surface area contributed by atoms with Gasteiger partial charge in [-0.1, -0.05) is 71.5 Å². The van der Waals surface area contributed by atoms with Gasteiger partial charge in [0, 0.05) is 34.5 Å². The number of anilines is 2. The molecule has 1 aliphatic rings. The van der Waals surface area contributed by atoms with Gasteiger partial charge in [-0.05, 0) is 42.0 Å². The van der Waals surface area contributed by atoms with E-state index in [9.17, 15) is 9.59 Å². The molecule has 6 nitrogen and oxygen atoms in total. The van der Waals surface area contributed by atoms with E-state index in [1.54, 1.807) is 17.0 Å². The van der Waals surface area contributed by atoms with Crippen LogP contribution in [0.2, 0.25) is 5.02 Å². The minimum absolute atomic E-state index is 0.0292. The van der Waals surface area contributed by atoms with Gasteiger partial charge in [0.25, 0.3) is 0 Å². The first kappa shape index (κ1) is 23.5. The highest BCUT2D eigenvalue weighted by Gasteiger charge is 2.34. The lowest BCUT2D eigenvalue weighted by atomic mass is 10.1. The zero-order valence-electron chi connectivity index (χ0n) is 18.5. The number of carbonyl (C=O) groups excluding carboxylic acids is 2. The molecular formula is C26H21ClN4O2S2. The van der Waals surface area contributed by atoms with Crippen LogP contribution in [0, 0.1) is 0 Å². The molecule has 4 aromatic rings. The van der Waals surface area contributed by atoms with Crippen molar-refractivity contribution in [2.24, 2.45) is 0 Å². The van der Waals surface area contributed by atoms with Crippen molar-refractivity contribution in [3.63, 3.8) is 0 Å². The number of amides is 2. The molecule has 1 saturated heterocycles. The van der Waals surface area contributed by atoms with E-state index in [1.807, 2.05) is 72.8 Å². The lowest BCUT2D eigenvalue weighted by molar-refractivity contribution is -0.117. The Morgan fingerprint density at radius 2 is 1.69 bits per heavy atom. The molecule has 0 radical (unpaired) electrons. The summed E-state index contributed by atoms with van der Waals surface area (Å²) in [7, 11) is 0. The van der Waals surface area contributed by atoms with Crippen LogP contribution < -0.4 is 10.2 Å². The summed E-state index contributed by atoms with van der Waals surface area (Å²) < 4.78 is 0. The van der Waals surface area contributed by atoms with Crippen LogP contribution in [0.15, 0.2) is 89.8 Å². The number of rotatable bonds is 7. The maximum Gasteiger partial charge on any atom is 0.244 e. The third-order valence-electron chi connectivity index (χ3n) is 5.62. The van der Waals surface area contributed by atoms with Crippen molar-refractivity contribution in [3.8, 4) is 0 Å². The molecule has 0 saturated carbocycles. The number of hydrogen-bond acceptors (Lipinski definition) is 6. The van der Waals surface area contributed by atoms with Gasteiger partial charge in [0.2, 0.25) is 16.9 Å². The Hall–Kier alpha value is -3.20. The maximum atomic E-state index is 13.3. The summed E-state index contributed by atoms with van der Waals surface area (Å²) in [5.74, 6) is -0.218. The Morgan fingerprint density at radius 1 is 1.00 bits per heavy atom. The quantitative estimate of drug-likeness (QED) is 0.294. The van der Waals surface area contributed by atoms with Gasteiger partial charge in [-0.25, -0.2) is 0 Å². The van der Waals surface area contributed by atoms with Crippen molar-refractivity contribution in [2.75, 3.05) is 16.8 Å². The third kappa shape index (κ3) is 5.56. The van der Waals surface area contributed by atoms with Gasteiger partial charge < -0.3 is 4.90 Å². The molecule has 1 N–H and O–H groups in total. The van der Waals surface area contributed by atoms with Crippen molar-refractivity contribution >= 4 is 57.3 Å². The number of aromatic nitrogens is 2. The lowest BCUT2D eigenvalue weighted by Crippen LogP contribution is -2.24. The fourth-order valence-corrected chi connectivity index (χ4v) is 5.91. The number of thioether (sulfide) groups is 1. The van der Waals surface area contributed by atoms with E-state index in [0.29, 0.717) is 23.1 Å². The first-order valence-electron chi connectivity index (χ1n) is 11.0. The van der Waals surface area contributed by atoms with E-state index >= 15 is 0 Å². The summed E-state index contributed by atoms with van der Waals surface area (Å²) in [6.07, 6.45) is 0.349. The van der Waals surface area contributed by atoms with Crippen LogP contribution in [-0.2, 0) is 9.59 Å². The fraction of sp³-hybridized carbons (Fsp3) is 0.154. The second-order valence-corrected chi connectivity index (χ2v) is 10.7. The largest absolute Gasteiger partial charge is 0.312 e. The van der Waals surface area contributed by atoms with Crippen molar-refractivity contribution in [3.05, 3.63) is 101 Å². The molecule has 0 aliphatic carbocycles. The van der Waals surface area contributed by atoms with E-state index < -0.39 is 5.25 Å². The van der Waals surface area contributed by atoms with Crippen LogP contribution in [0.25, 0.3) is 0 Å². The van der Waals surface area contributed by atoms with Crippen LogP contribution in [0.3, 0.4) is 0 Å². The normalized spacial score (nSPS) is 16.3. The van der Waals surface area contributed by atoms with Gasteiger partial charge in [-0.15, -0.1) is 22.0 Å². The van der Waals surface area contributed by atoms with Crippen LogP contribution in [0.5, 0.6) is 0 Å². The standard InChI is InChI=1S/C26H21ClN4O2S2/c27-19-11-13-20(14-12-19)31-16-18(15-22(31)32)25-29-30-26(35-25)28-24(33)23(17-7-3-1-4-8-17)34-21-9-5-2-6-10-21/h1-14,18,23H,15-16H2,(H,28,30,33). The van der Waals surface area contributed by atoms with E-state index in [4.69, 9.17) is 11.6 Å². The highest BCUT2D eigenvalue weighted by atomic mass is 35.5. The summed E-state index contributed by atoms with van der Waals surface area (Å²) in [6.45, 7) is 0.513. The molecule has 9 heteroatoms. The minimum Gasteiger partial charge on any atom is -0.312 e. The summed E-state index contributed by atoms with van der Waals surface area (Å²) in [6, 6.07) is 26.7. The zero-order chi connectivity index (χ0) is 24.2.